The lowest BCUT2D eigenvalue weighted by Crippen LogP contribution is -2.63. The van der Waals surface area contributed by atoms with Crippen molar-refractivity contribution in [2.75, 3.05) is 53.0 Å². The van der Waals surface area contributed by atoms with Gasteiger partial charge in [-0.15, -0.1) is 0 Å². The molecule has 1 N–H and O–H groups in total. The molecule has 36 heavy (non-hydrogen) atoms. The number of hydrogen-bond acceptors (Lipinski definition) is 5. The minimum atomic E-state index is -0.531. The first-order valence-corrected chi connectivity index (χ1v) is 12.8. The molecule has 2 unspecified atom stereocenters. The van der Waals surface area contributed by atoms with E-state index in [1.807, 2.05) is 42.5 Å². The van der Waals surface area contributed by atoms with Crippen LogP contribution in [-0.2, 0) is 20.7 Å². The van der Waals surface area contributed by atoms with Crippen molar-refractivity contribution in [2.24, 2.45) is 0 Å². The van der Waals surface area contributed by atoms with Crippen LogP contribution in [0.5, 0.6) is 5.75 Å². The second kappa shape index (κ2) is 9.59. The van der Waals surface area contributed by atoms with Crippen molar-refractivity contribution >= 4 is 22.7 Å². The second-order valence-corrected chi connectivity index (χ2v) is 9.80. The van der Waals surface area contributed by atoms with Gasteiger partial charge in [0.15, 0.2) is 0 Å². The minimum absolute atomic E-state index is 0.0221. The molecule has 0 saturated carbocycles. The number of hydrogen-bond donors (Lipinski definition) is 1. The van der Waals surface area contributed by atoms with Gasteiger partial charge in [-0.05, 0) is 24.1 Å². The first kappa shape index (κ1) is 23.1. The highest BCUT2D eigenvalue weighted by Gasteiger charge is 2.48. The summed E-state index contributed by atoms with van der Waals surface area (Å²) >= 11 is 0. The molecular weight excluding hydrogens is 456 g/mol. The van der Waals surface area contributed by atoms with E-state index in [0.29, 0.717) is 18.7 Å². The molecule has 2 amide bonds. The van der Waals surface area contributed by atoms with E-state index in [9.17, 15) is 9.59 Å². The molecule has 1 aromatic heterocycles. The van der Waals surface area contributed by atoms with Crippen LogP contribution in [0.4, 0.5) is 0 Å². The van der Waals surface area contributed by atoms with Gasteiger partial charge in [-0.3, -0.25) is 14.5 Å². The number of nitrogens with one attached hydrogen (secondary N) is 1. The maximum absolute atomic E-state index is 13.8. The molecule has 8 heteroatoms. The Morgan fingerprint density at radius 3 is 2.64 bits per heavy atom. The highest BCUT2D eigenvalue weighted by Crippen LogP contribution is 2.44. The number of amides is 2. The molecule has 3 aliphatic rings. The zero-order valence-corrected chi connectivity index (χ0v) is 20.6. The normalized spacial score (nSPS) is 22.6. The molecule has 188 valence electrons. The van der Waals surface area contributed by atoms with E-state index in [1.54, 1.807) is 16.9 Å². The quantitative estimate of drug-likeness (QED) is 0.577. The topological polar surface area (TPSA) is 78.1 Å². The van der Waals surface area contributed by atoms with Gasteiger partial charge >= 0.3 is 0 Å². The van der Waals surface area contributed by atoms with Crippen molar-refractivity contribution in [3.8, 4) is 5.75 Å². The molecule has 0 spiro atoms. The van der Waals surface area contributed by atoms with Gasteiger partial charge in [-0.1, -0.05) is 36.4 Å². The van der Waals surface area contributed by atoms with E-state index in [4.69, 9.17) is 9.47 Å². The Balaban J connectivity index is 1.34. The number of fused-ring (bicyclic) bond motifs is 4. The van der Waals surface area contributed by atoms with Crippen LogP contribution in [-0.4, -0.2) is 90.6 Å². The van der Waals surface area contributed by atoms with Crippen LogP contribution in [0.25, 0.3) is 10.9 Å². The second-order valence-electron chi connectivity index (χ2n) is 9.80. The van der Waals surface area contributed by atoms with Crippen molar-refractivity contribution in [3.05, 3.63) is 65.4 Å². The number of nitrogens with zero attached hydrogens (tertiary/aromatic N) is 3. The molecule has 3 aliphatic heterocycles. The van der Waals surface area contributed by atoms with Crippen molar-refractivity contribution < 1.29 is 19.1 Å². The predicted octanol–water partition coefficient (Wildman–Crippen LogP) is 2.58. The molecule has 0 aliphatic carbocycles. The number of benzene rings is 2. The lowest BCUT2D eigenvalue weighted by atomic mass is 9.86. The number of carbonyl (C=O) groups is 2. The van der Waals surface area contributed by atoms with Crippen molar-refractivity contribution in [1.82, 2.24) is 19.7 Å². The fourth-order valence-electron chi connectivity index (χ4n) is 6.04. The maximum atomic E-state index is 13.8. The van der Waals surface area contributed by atoms with Gasteiger partial charge in [0, 0.05) is 54.8 Å². The number of morpholine rings is 1. The van der Waals surface area contributed by atoms with Crippen LogP contribution >= 0.6 is 0 Å². The Bertz CT molecular complexity index is 1280. The van der Waals surface area contributed by atoms with Crippen molar-refractivity contribution in [1.29, 1.82) is 0 Å². The number of rotatable bonds is 6. The summed E-state index contributed by atoms with van der Waals surface area (Å²) in [5.41, 5.74) is 3.99. The number of aromatic amines is 1. The third-order valence-corrected chi connectivity index (χ3v) is 7.78. The maximum Gasteiger partial charge on any atom is 0.246 e. The first-order chi connectivity index (χ1) is 17.7. The smallest absolute Gasteiger partial charge is 0.246 e. The van der Waals surface area contributed by atoms with Crippen LogP contribution in [0.3, 0.4) is 0 Å². The third-order valence-electron chi connectivity index (χ3n) is 7.78. The largest absolute Gasteiger partial charge is 0.496 e. The standard InChI is InChI=1S/C28H32N4O4/c1-35-24-10-5-3-8-20(24)27-26-21(19-7-2-4-9-22(19)29-26)17-23-28(34)31(18-25(33)32(23)27)12-6-11-30-13-15-36-16-14-30/h2-5,7-10,23,27,29H,6,11-18H2,1H3. The van der Waals surface area contributed by atoms with Crippen LogP contribution in [0, 0.1) is 0 Å². The Morgan fingerprint density at radius 1 is 1.03 bits per heavy atom. The number of ether oxygens (including phenoxy) is 2. The Morgan fingerprint density at radius 2 is 1.81 bits per heavy atom. The molecule has 4 heterocycles. The van der Waals surface area contributed by atoms with E-state index < -0.39 is 12.1 Å². The Labute approximate surface area is 210 Å². The highest BCUT2D eigenvalue weighted by molar-refractivity contribution is 5.97. The van der Waals surface area contributed by atoms with Crippen molar-refractivity contribution in [3.63, 3.8) is 0 Å². The van der Waals surface area contributed by atoms with Gasteiger partial charge in [0.2, 0.25) is 11.8 Å². The highest BCUT2D eigenvalue weighted by atomic mass is 16.5. The summed E-state index contributed by atoms with van der Waals surface area (Å²) < 4.78 is 11.1. The van der Waals surface area contributed by atoms with Gasteiger partial charge < -0.3 is 24.3 Å². The summed E-state index contributed by atoms with van der Waals surface area (Å²) in [6.07, 6.45) is 1.36. The van der Waals surface area contributed by atoms with E-state index in [2.05, 4.69) is 16.0 Å². The SMILES string of the molecule is COc1ccccc1C1c2[nH]c3ccccc3c2CC2C(=O)N(CCCN3CCOCC3)CC(=O)N21. The molecule has 2 atom stereocenters. The number of carbonyl (C=O) groups excluding carboxylic acids is 2. The minimum Gasteiger partial charge on any atom is -0.496 e. The van der Waals surface area contributed by atoms with Gasteiger partial charge in [-0.25, -0.2) is 0 Å². The van der Waals surface area contributed by atoms with E-state index >= 15 is 0 Å². The summed E-state index contributed by atoms with van der Waals surface area (Å²) in [5.74, 6) is 0.722. The molecule has 6 rings (SSSR count). The monoisotopic (exact) mass is 488 g/mol. The molecule has 8 nitrogen and oxygen atoms in total. The summed E-state index contributed by atoms with van der Waals surface area (Å²) in [6, 6.07) is 15.0. The van der Waals surface area contributed by atoms with E-state index in [0.717, 1.165) is 67.0 Å². The molecule has 0 radical (unpaired) electrons. The van der Waals surface area contributed by atoms with Gasteiger partial charge in [0.1, 0.15) is 17.8 Å². The summed E-state index contributed by atoms with van der Waals surface area (Å²) in [6.45, 7) is 4.98. The first-order valence-electron chi connectivity index (χ1n) is 12.8. The molecule has 2 aromatic carbocycles. The zero-order chi connectivity index (χ0) is 24.6. The van der Waals surface area contributed by atoms with Crippen LogP contribution in [0.15, 0.2) is 48.5 Å². The van der Waals surface area contributed by atoms with Crippen LogP contribution in [0.2, 0.25) is 0 Å². The number of methoxy groups -OCH3 is 1. The number of H-pyrrole nitrogens is 1. The average molecular weight is 489 g/mol. The van der Waals surface area contributed by atoms with Crippen LogP contribution in [0.1, 0.15) is 29.3 Å². The molecule has 3 aromatic rings. The lowest BCUT2D eigenvalue weighted by molar-refractivity contribution is -0.158. The summed E-state index contributed by atoms with van der Waals surface area (Å²) in [7, 11) is 1.64. The van der Waals surface area contributed by atoms with Crippen LogP contribution < -0.4 is 4.74 Å². The van der Waals surface area contributed by atoms with Gasteiger partial charge in [-0.2, -0.15) is 0 Å². The van der Waals surface area contributed by atoms with Crippen molar-refractivity contribution in [2.45, 2.75) is 24.9 Å². The number of piperazine rings is 1. The fourth-order valence-corrected chi connectivity index (χ4v) is 6.04. The zero-order valence-electron chi connectivity index (χ0n) is 20.6. The van der Waals surface area contributed by atoms with Gasteiger partial charge in [0.25, 0.3) is 0 Å². The molecular formula is C28H32N4O4. The predicted molar refractivity (Wildman–Crippen MR) is 136 cm³/mol. The summed E-state index contributed by atoms with van der Waals surface area (Å²) in [4.78, 5) is 37.1. The third kappa shape index (κ3) is 3.94. The molecule has 2 fully saturated rings. The molecule has 0 bridgehead atoms. The number of aromatic nitrogens is 1. The summed E-state index contributed by atoms with van der Waals surface area (Å²) in [5, 5.41) is 1.11. The van der Waals surface area contributed by atoms with Gasteiger partial charge in [0.05, 0.1) is 26.9 Å². The Kier molecular flexibility index (Phi) is 6.15. The van der Waals surface area contributed by atoms with E-state index in [1.165, 1.54) is 0 Å². The Hall–Kier alpha value is -3.36. The lowest BCUT2D eigenvalue weighted by Gasteiger charge is -2.47. The fraction of sp³-hybridized carbons (Fsp3) is 0.429. The number of para-hydroxylation sites is 2. The van der Waals surface area contributed by atoms with E-state index in [-0.39, 0.29) is 18.4 Å². The average Bonchev–Trinajstić information content (AvgIpc) is 3.29. The molecule has 2 saturated heterocycles.